The largest absolute Gasteiger partial charge is 0.496 e. The van der Waals surface area contributed by atoms with Gasteiger partial charge in [-0.15, -0.1) is 0 Å². The summed E-state index contributed by atoms with van der Waals surface area (Å²) in [5.74, 6) is 2.54. The number of benzene rings is 1. The zero-order valence-electron chi connectivity index (χ0n) is 11.4. The van der Waals surface area contributed by atoms with Crippen LogP contribution in [0.2, 0.25) is 5.02 Å². The Morgan fingerprint density at radius 1 is 1.32 bits per heavy atom. The van der Waals surface area contributed by atoms with Gasteiger partial charge in [0.2, 0.25) is 0 Å². The first kappa shape index (κ1) is 14.0. The molecule has 1 unspecified atom stereocenters. The van der Waals surface area contributed by atoms with Crippen LogP contribution in [0, 0.1) is 6.92 Å². The molecule has 0 bridgehead atoms. The highest BCUT2D eigenvalue weighted by Gasteiger charge is 2.20. The Morgan fingerprint density at radius 3 is 2.68 bits per heavy atom. The van der Waals surface area contributed by atoms with Gasteiger partial charge < -0.3 is 14.5 Å². The van der Waals surface area contributed by atoms with Crippen molar-refractivity contribution in [1.29, 1.82) is 0 Å². The lowest BCUT2D eigenvalue weighted by Crippen LogP contribution is -2.22. The van der Waals surface area contributed by atoms with Gasteiger partial charge in [-0.3, -0.25) is 0 Å². The topological polar surface area (TPSA) is 34.4 Å². The number of rotatable bonds is 5. The van der Waals surface area contributed by atoms with Crippen molar-refractivity contribution >= 4 is 11.6 Å². The average molecular weight is 280 g/mol. The van der Waals surface area contributed by atoms with Gasteiger partial charge in [-0.1, -0.05) is 18.5 Å². The third-order valence-electron chi connectivity index (χ3n) is 2.96. The first-order valence-electron chi connectivity index (χ1n) is 6.29. The van der Waals surface area contributed by atoms with Crippen molar-refractivity contribution in [3.63, 3.8) is 0 Å². The third kappa shape index (κ3) is 3.11. The van der Waals surface area contributed by atoms with E-state index in [0.29, 0.717) is 5.02 Å². The molecule has 1 aromatic carbocycles. The number of methoxy groups -OCH3 is 1. The van der Waals surface area contributed by atoms with E-state index in [9.17, 15) is 0 Å². The van der Waals surface area contributed by atoms with E-state index in [0.717, 1.165) is 29.4 Å². The van der Waals surface area contributed by atoms with Crippen molar-refractivity contribution in [3.8, 4) is 5.75 Å². The van der Waals surface area contributed by atoms with Crippen LogP contribution < -0.4 is 10.1 Å². The highest BCUT2D eigenvalue weighted by Crippen LogP contribution is 2.33. The molecule has 0 saturated heterocycles. The van der Waals surface area contributed by atoms with Gasteiger partial charge >= 0.3 is 0 Å². The SMILES string of the molecule is CCNC(c1ccc(C)o1)c1cc(Cl)ccc1OC. The summed E-state index contributed by atoms with van der Waals surface area (Å²) in [5.41, 5.74) is 0.978. The maximum atomic E-state index is 6.10. The monoisotopic (exact) mass is 279 g/mol. The van der Waals surface area contributed by atoms with Crippen LogP contribution in [0.3, 0.4) is 0 Å². The molecule has 1 heterocycles. The molecule has 0 amide bonds. The van der Waals surface area contributed by atoms with Gasteiger partial charge in [0, 0.05) is 10.6 Å². The van der Waals surface area contributed by atoms with E-state index in [-0.39, 0.29) is 6.04 Å². The summed E-state index contributed by atoms with van der Waals surface area (Å²) in [6, 6.07) is 9.47. The summed E-state index contributed by atoms with van der Waals surface area (Å²) >= 11 is 6.10. The standard InChI is InChI=1S/C15H18ClNO2/c1-4-17-15(14-7-5-10(2)19-14)12-9-11(16)6-8-13(12)18-3/h5-9,15,17H,4H2,1-3H3. The number of halogens is 1. The Kier molecular flexibility index (Phi) is 4.51. The second-order valence-electron chi connectivity index (χ2n) is 4.33. The van der Waals surface area contributed by atoms with Crippen LogP contribution in [-0.4, -0.2) is 13.7 Å². The van der Waals surface area contributed by atoms with Crippen LogP contribution in [0.25, 0.3) is 0 Å². The minimum atomic E-state index is -0.0626. The van der Waals surface area contributed by atoms with E-state index in [1.165, 1.54) is 0 Å². The van der Waals surface area contributed by atoms with Crippen LogP contribution in [0.5, 0.6) is 5.75 Å². The summed E-state index contributed by atoms with van der Waals surface area (Å²) < 4.78 is 11.1. The van der Waals surface area contributed by atoms with E-state index in [1.54, 1.807) is 7.11 Å². The van der Waals surface area contributed by atoms with Crippen LogP contribution in [0.15, 0.2) is 34.7 Å². The minimum Gasteiger partial charge on any atom is -0.496 e. The summed E-state index contributed by atoms with van der Waals surface area (Å²) in [4.78, 5) is 0. The number of hydrogen-bond donors (Lipinski definition) is 1. The summed E-state index contributed by atoms with van der Waals surface area (Å²) in [6.45, 7) is 4.81. The Bertz CT molecular complexity index is 551. The molecule has 0 aliphatic rings. The molecular weight excluding hydrogens is 262 g/mol. The van der Waals surface area contributed by atoms with E-state index < -0.39 is 0 Å². The highest BCUT2D eigenvalue weighted by atomic mass is 35.5. The molecule has 4 heteroatoms. The fraction of sp³-hybridized carbons (Fsp3) is 0.333. The smallest absolute Gasteiger partial charge is 0.125 e. The van der Waals surface area contributed by atoms with Crippen molar-refractivity contribution < 1.29 is 9.15 Å². The van der Waals surface area contributed by atoms with Crippen molar-refractivity contribution in [2.24, 2.45) is 0 Å². The number of nitrogens with one attached hydrogen (secondary N) is 1. The van der Waals surface area contributed by atoms with Gasteiger partial charge in [0.25, 0.3) is 0 Å². The quantitative estimate of drug-likeness (QED) is 0.900. The minimum absolute atomic E-state index is 0.0626. The molecule has 102 valence electrons. The number of aryl methyl sites for hydroxylation is 1. The molecule has 0 radical (unpaired) electrons. The summed E-state index contributed by atoms with van der Waals surface area (Å²) in [6.07, 6.45) is 0. The fourth-order valence-corrected chi connectivity index (χ4v) is 2.29. The molecule has 2 rings (SSSR count). The van der Waals surface area contributed by atoms with E-state index in [1.807, 2.05) is 37.3 Å². The molecule has 0 aliphatic heterocycles. The lowest BCUT2D eigenvalue weighted by atomic mass is 10.0. The molecule has 19 heavy (non-hydrogen) atoms. The highest BCUT2D eigenvalue weighted by molar-refractivity contribution is 6.30. The van der Waals surface area contributed by atoms with Crippen molar-refractivity contribution in [3.05, 3.63) is 52.4 Å². The first-order chi connectivity index (χ1) is 9.15. The number of furan rings is 1. The molecule has 1 atom stereocenters. The van der Waals surface area contributed by atoms with E-state index in [2.05, 4.69) is 12.2 Å². The maximum absolute atomic E-state index is 6.10. The molecule has 0 spiro atoms. The Balaban J connectivity index is 2.46. The molecule has 2 aromatic rings. The lowest BCUT2D eigenvalue weighted by molar-refractivity contribution is 0.390. The van der Waals surface area contributed by atoms with Crippen LogP contribution >= 0.6 is 11.6 Å². The van der Waals surface area contributed by atoms with Gasteiger partial charge in [0.15, 0.2) is 0 Å². The lowest BCUT2D eigenvalue weighted by Gasteiger charge is -2.19. The summed E-state index contributed by atoms with van der Waals surface area (Å²) in [7, 11) is 1.66. The van der Waals surface area contributed by atoms with Crippen molar-refractivity contribution in [1.82, 2.24) is 5.32 Å². The average Bonchev–Trinajstić information content (AvgIpc) is 2.82. The van der Waals surface area contributed by atoms with Gasteiger partial charge in [-0.2, -0.15) is 0 Å². The van der Waals surface area contributed by atoms with Gasteiger partial charge in [0.1, 0.15) is 17.3 Å². The second-order valence-corrected chi connectivity index (χ2v) is 4.76. The van der Waals surface area contributed by atoms with Crippen LogP contribution in [0.4, 0.5) is 0 Å². The molecular formula is C15H18ClNO2. The predicted octanol–water partition coefficient (Wildman–Crippen LogP) is 3.95. The Labute approximate surface area is 118 Å². The number of hydrogen-bond acceptors (Lipinski definition) is 3. The fourth-order valence-electron chi connectivity index (χ4n) is 2.11. The molecule has 0 saturated carbocycles. The normalized spacial score (nSPS) is 12.4. The molecule has 1 N–H and O–H groups in total. The van der Waals surface area contributed by atoms with Crippen LogP contribution in [0.1, 0.15) is 30.0 Å². The first-order valence-corrected chi connectivity index (χ1v) is 6.66. The van der Waals surface area contributed by atoms with Crippen molar-refractivity contribution in [2.45, 2.75) is 19.9 Å². The van der Waals surface area contributed by atoms with E-state index in [4.69, 9.17) is 20.8 Å². The number of ether oxygens (including phenoxy) is 1. The maximum Gasteiger partial charge on any atom is 0.125 e. The van der Waals surface area contributed by atoms with Crippen LogP contribution in [-0.2, 0) is 0 Å². The third-order valence-corrected chi connectivity index (χ3v) is 3.19. The molecule has 3 nitrogen and oxygen atoms in total. The van der Waals surface area contributed by atoms with Crippen molar-refractivity contribution in [2.75, 3.05) is 13.7 Å². The molecule has 0 fully saturated rings. The Hall–Kier alpha value is -1.45. The Morgan fingerprint density at radius 2 is 2.11 bits per heavy atom. The van der Waals surface area contributed by atoms with Gasteiger partial charge in [0.05, 0.1) is 13.2 Å². The predicted molar refractivity (Wildman–Crippen MR) is 77.0 cm³/mol. The van der Waals surface area contributed by atoms with E-state index >= 15 is 0 Å². The molecule has 0 aliphatic carbocycles. The summed E-state index contributed by atoms with van der Waals surface area (Å²) in [5, 5.41) is 4.08. The zero-order chi connectivity index (χ0) is 13.8. The van der Waals surface area contributed by atoms with Gasteiger partial charge in [-0.25, -0.2) is 0 Å². The second kappa shape index (κ2) is 6.13. The molecule has 1 aromatic heterocycles. The zero-order valence-corrected chi connectivity index (χ0v) is 12.1. The van der Waals surface area contributed by atoms with Gasteiger partial charge in [-0.05, 0) is 43.8 Å².